The molecule has 7 nitrogen and oxygen atoms in total. The number of fused-ring (bicyclic) bond motifs is 1. The molecule has 2 aliphatic heterocycles. The van der Waals surface area contributed by atoms with E-state index < -0.39 is 6.04 Å². The Hall–Kier alpha value is -2.12. The quantitative estimate of drug-likeness (QED) is 0.597. The van der Waals surface area contributed by atoms with Crippen LogP contribution in [0.15, 0.2) is 18.2 Å². The Morgan fingerprint density at radius 2 is 1.93 bits per heavy atom. The van der Waals surface area contributed by atoms with Crippen LogP contribution in [-0.4, -0.2) is 41.8 Å². The van der Waals surface area contributed by atoms with Gasteiger partial charge in [-0.25, -0.2) is 0 Å². The second-order valence-electron chi connectivity index (χ2n) is 8.67. The van der Waals surface area contributed by atoms with Crippen molar-refractivity contribution in [1.29, 1.82) is 0 Å². The number of rotatable bonds is 6. The first-order valence-electron chi connectivity index (χ1n) is 10.7. The lowest BCUT2D eigenvalue weighted by molar-refractivity contribution is -0.136. The number of nitrogens with zero attached hydrogens (tertiary/aromatic N) is 1. The molecule has 0 aromatic heterocycles. The zero-order valence-corrected chi connectivity index (χ0v) is 18.1. The Morgan fingerprint density at radius 3 is 2.63 bits per heavy atom. The minimum atomic E-state index is -0.580. The molecule has 8 heteroatoms. The molecule has 3 aliphatic rings. The van der Waals surface area contributed by atoms with Crippen LogP contribution in [0.4, 0.5) is 5.69 Å². The average Bonchev–Trinajstić information content (AvgIpc) is 3.06. The van der Waals surface area contributed by atoms with Gasteiger partial charge in [0.05, 0.1) is 0 Å². The van der Waals surface area contributed by atoms with E-state index in [1.54, 1.807) is 4.90 Å². The van der Waals surface area contributed by atoms with Gasteiger partial charge in [-0.1, -0.05) is 25.3 Å². The van der Waals surface area contributed by atoms with Gasteiger partial charge < -0.3 is 16.0 Å². The van der Waals surface area contributed by atoms with Crippen molar-refractivity contribution in [3.63, 3.8) is 0 Å². The van der Waals surface area contributed by atoms with Crippen molar-refractivity contribution in [2.75, 3.05) is 18.4 Å². The van der Waals surface area contributed by atoms with E-state index in [1.807, 2.05) is 18.2 Å². The third-order valence-electron chi connectivity index (χ3n) is 6.90. The van der Waals surface area contributed by atoms with Gasteiger partial charge in [0.1, 0.15) is 6.04 Å². The van der Waals surface area contributed by atoms with E-state index in [0.29, 0.717) is 18.5 Å². The lowest BCUT2D eigenvalue weighted by Crippen LogP contribution is -2.52. The molecule has 30 heavy (non-hydrogen) atoms. The summed E-state index contributed by atoms with van der Waals surface area (Å²) in [6.07, 6.45) is 7.88. The van der Waals surface area contributed by atoms with Gasteiger partial charge in [0.2, 0.25) is 11.8 Å². The first kappa shape index (κ1) is 22.6. The molecule has 2 fully saturated rings. The van der Waals surface area contributed by atoms with Crippen molar-refractivity contribution in [2.45, 2.75) is 64.0 Å². The van der Waals surface area contributed by atoms with Crippen LogP contribution in [0, 0.1) is 5.41 Å². The van der Waals surface area contributed by atoms with Crippen LogP contribution in [-0.2, 0) is 16.1 Å². The van der Waals surface area contributed by atoms with Gasteiger partial charge in [0.25, 0.3) is 5.91 Å². The van der Waals surface area contributed by atoms with Crippen LogP contribution in [0.25, 0.3) is 0 Å². The predicted octanol–water partition coefficient (Wildman–Crippen LogP) is 2.58. The molecule has 4 N–H and O–H groups in total. The first-order valence-corrected chi connectivity index (χ1v) is 10.7. The van der Waals surface area contributed by atoms with E-state index in [1.165, 1.54) is 32.1 Å². The van der Waals surface area contributed by atoms with Crippen molar-refractivity contribution >= 4 is 35.8 Å². The Bertz CT molecular complexity index is 823. The summed E-state index contributed by atoms with van der Waals surface area (Å²) in [5.41, 5.74) is 8.88. The number of anilines is 1. The molecule has 1 unspecified atom stereocenters. The molecule has 1 aromatic rings. The largest absolute Gasteiger partial charge is 0.385 e. The fraction of sp³-hybridized carbons (Fsp3) is 0.591. The number of halogens is 1. The number of benzene rings is 1. The third kappa shape index (κ3) is 4.32. The Kier molecular flexibility index (Phi) is 7.03. The van der Waals surface area contributed by atoms with E-state index in [-0.39, 0.29) is 42.0 Å². The standard InChI is InChI=1S/C22H30N4O3.ClH/c23-14-22(9-2-1-3-10-22)11-12-24-17-6-4-5-15-16(17)13-26(21(15)29)18-7-8-19(27)25-20(18)28;/h4-6,18,24H,1-3,7-14,23H2,(H,25,27,28);1H. The lowest BCUT2D eigenvalue weighted by atomic mass is 9.72. The summed E-state index contributed by atoms with van der Waals surface area (Å²) >= 11 is 0. The molecule has 1 saturated heterocycles. The highest BCUT2D eigenvalue weighted by atomic mass is 35.5. The second kappa shape index (κ2) is 9.35. The number of carbonyl (C=O) groups excluding carboxylic acids is 3. The fourth-order valence-corrected chi connectivity index (χ4v) is 5.07. The smallest absolute Gasteiger partial charge is 0.255 e. The summed E-state index contributed by atoms with van der Waals surface area (Å²) < 4.78 is 0. The maximum absolute atomic E-state index is 12.9. The van der Waals surface area contributed by atoms with Crippen LogP contribution >= 0.6 is 12.4 Å². The van der Waals surface area contributed by atoms with Crippen molar-refractivity contribution < 1.29 is 14.4 Å². The number of nitrogens with one attached hydrogen (secondary N) is 2. The van der Waals surface area contributed by atoms with Crippen LogP contribution < -0.4 is 16.4 Å². The summed E-state index contributed by atoms with van der Waals surface area (Å²) in [4.78, 5) is 38.2. The monoisotopic (exact) mass is 434 g/mol. The van der Waals surface area contributed by atoms with E-state index in [0.717, 1.165) is 30.8 Å². The van der Waals surface area contributed by atoms with E-state index in [2.05, 4.69) is 10.6 Å². The second-order valence-corrected chi connectivity index (χ2v) is 8.67. The number of hydrogen-bond donors (Lipinski definition) is 3. The molecule has 164 valence electrons. The van der Waals surface area contributed by atoms with Crippen molar-refractivity contribution in [3.8, 4) is 0 Å². The Balaban J connectivity index is 0.00000256. The summed E-state index contributed by atoms with van der Waals surface area (Å²) in [6, 6.07) is 5.11. The number of carbonyl (C=O) groups is 3. The van der Waals surface area contributed by atoms with E-state index in [4.69, 9.17) is 5.73 Å². The summed E-state index contributed by atoms with van der Waals surface area (Å²) in [5, 5.41) is 5.87. The molecule has 2 heterocycles. The van der Waals surface area contributed by atoms with Crippen molar-refractivity contribution in [2.24, 2.45) is 11.1 Å². The molecule has 3 amide bonds. The summed E-state index contributed by atoms with van der Waals surface area (Å²) in [6.45, 7) is 1.94. The van der Waals surface area contributed by atoms with Gasteiger partial charge in [-0.2, -0.15) is 0 Å². The topological polar surface area (TPSA) is 105 Å². The minimum absolute atomic E-state index is 0. The molecule has 1 aliphatic carbocycles. The molecule has 4 rings (SSSR count). The highest BCUT2D eigenvalue weighted by Gasteiger charge is 2.40. The molecular formula is C22H31ClN4O3. The van der Waals surface area contributed by atoms with Crippen LogP contribution in [0.5, 0.6) is 0 Å². The van der Waals surface area contributed by atoms with E-state index in [9.17, 15) is 14.4 Å². The molecule has 0 radical (unpaired) electrons. The van der Waals surface area contributed by atoms with Crippen molar-refractivity contribution in [1.82, 2.24) is 10.2 Å². The molecule has 1 atom stereocenters. The fourth-order valence-electron chi connectivity index (χ4n) is 5.07. The molecule has 0 bridgehead atoms. The highest BCUT2D eigenvalue weighted by molar-refractivity contribution is 6.06. The third-order valence-corrected chi connectivity index (χ3v) is 6.90. The molecule has 0 spiro atoms. The van der Waals surface area contributed by atoms with Crippen LogP contribution in [0.1, 0.15) is 67.3 Å². The van der Waals surface area contributed by atoms with Crippen molar-refractivity contribution in [3.05, 3.63) is 29.3 Å². The number of amides is 3. The normalized spacial score (nSPS) is 22.9. The average molecular weight is 435 g/mol. The van der Waals surface area contributed by atoms with Crippen LogP contribution in [0.3, 0.4) is 0 Å². The first-order chi connectivity index (χ1) is 14.0. The van der Waals surface area contributed by atoms with Gasteiger partial charge >= 0.3 is 0 Å². The zero-order chi connectivity index (χ0) is 20.4. The van der Waals surface area contributed by atoms with E-state index >= 15 is 0 Å². The maximum atomic E-state index is 12.9. The lowest BCUT2D eigenvalue weighted by Gasteiger charge is -2.36. The van der Waals surface area contributed by atoms with Crippen LogP contribution in [0.2, 0.25) is 0 Å². The number of imide groups is 1. The number of nitrogens with two attached hydrogens (primary N) is 1. The number of piperidine rings is 1. The summed E-state index contributed by atoms with van der Waals surface area (Å²) in [5.74, 6) is -0.780. The van der Waals surface area contributed by atoms with Gasteiger partial charge in [-0.3, -0.25) is 19.7 Å². The van der Waals surface area contributed by atoms with Gasteiger partial charge in [-0.05, 0) is 49.8 Å². The number of hydrogen-bond acceptors (Lipinski definition) is 5. The Morgan fingerprint density at radius 1 is 1.17 bits per heavy atom. The van der Waals surface area contributed by atoms with Gasteiger partial charge in [-0.15, -0.1) is 12.4 Å². The molecule has 1 saturated carbocycles. The summed E-state index contributed by atoms with van der Waals surface area (Å²) in [7, 11) is 0. The zero-order valence-electron chi connectivity index (χ0n) is 17.2. The SMILES string of the molecule is Cl.NCC1(CCNc2cccc3c2CN(C2CCC(=O)NC2=O)C3=O)CCCCC1. The molecular weight excluding hydrogens is 404 g/mol. The molecule has 1 aromatic carbocycles. The maximum Gasteiger partial charge on any atom is 0.255 e. The van der Waals surface area contributed by atoms with Gasteiger partial charge in [0, 0.05) is 36.3 Å². The predicted molar refractivity (Wildman–Crippen MR) is 117 cm³/mol. The highest BCUT2D eigenvalue weighted by Crippen LogP contribution is 2.39. The Labute approximate surface area is 183 Å². The minimum Gasteiger partial charge on any atom is -0.385 e. The van der Waals surface area contributed by atoms with Gasteiger partial charge in [0.15, 0.2) is 0 Å².